The summed E-state index contributed by atoms with van der Waals surface area (Å²) in [6.45, 7) is 0.0638. The van der Waals surface area contributed by atoms with Crippen LogP contribution in [0.15, 0.2) is 59.5 Å². The van der Waals surface area contributed by atoms with Crippen molar-refractivity contribution in [2.24, 2.45) is 0 Å². The van der Waals surface area contributed by atoms with Crippen LogP contribution in [0, 0.1) is 0 Å². The van der Waals surface area contributed by atoms with Gasteiger partial charge in [0.2, 0.25) is 5.91 Å². The van der Waals surface area contributed by atoms with E-state index in [-0.39, 0.29) is 17.9 Å². The van der Waals surface area contributed by atoms with E-state index in [1.165, 1.54) is 6.07 Å². The molecule has 0 radical (unpaired) electrons. The number of carbonyl (C=O) groups is 1. The molecule has 0 bridgehead atoms. The standard InChI is InChI=1S/C18H15ClN2O3/c1-24-14-4-2-3-13(10-14)20-18(23)11-21-8-7-17(22)15-6-5-12(19)9-16(15)21/h2-10H,11H2,1H3,(H,20,23). The zero-order chi connectivity index (χ0) is 17.1. The second-order valence-corrected chi connectivity index (χ2v) is 5.69. The molecular formula is C18H15ClN2O3. The van der Waals surface area contributed by atoms with Gasteiger partial charge in [0.05, 0.1) is 12.6 Å². The summed E-state index contributed by atoms with van der Waals surface area (Å²) < 4.78 is 6.83. The Kier molecular flexibility index (Phi) is 4.53. The van der Waals surface area contributed by atoms with Gasteiger partial charge in [-0.3, -0.25) is 9.59 Å². The summed E-state index contributed by atoms with van der Waals surface area (Å²) in [5.41, 5.74) is 1.16. The number of nitrogens with zero attached hydrogens (tertiary/aromatic N) is 1. The molecule has 122 valence electrons. The molecule has 6 heteroatoms. The van der Waals surface area contributed by atoms with Gasteiger partial charge < -0.3 is 14.6 Å². The lowest BCUT2D eigenvalue weighted by Gasteiger charge is -2.12. The summed E-state index contributed by atoms with van der Waals surface area (Å²) in [5, 5.41) is 3.84. The number of rotatable bonds is 4. The van der Waals surface area contributed by atoms with E-state index in [4.69, 9.17) is 16.3 Å². The summed E-state index contributed by atoms with van der Waals surface area (Å²) >= 11 is 6.01. The number of methoxy groups -OCH3 is 1. The zero-order valence-electron chi connectivity index (χ0n) is 13.0. The highest BCUT2D eigenvalue weighted by Gasteiger charge is 2.08. The van der Waals surface area contributed by atoms with Crippen LogP contribution in [0.25, 0.3) is 10.9 Å². The molecule has 0 aliphatic carbocycles. The van der Waals surface area contributed by atoms with Crippen LogP contribution >= 0.6 is 11.6 Å². The highest BCUT2D eigenvalue weighted by atomic mass is 35.5. The first kappa shape index (κ1) is 16.1. The summed E-state index contributed by atoms with van der Waals surface area (Å²) in [7, 11) is 1.57. The molecular weight excluding hydrogens is 328 g/mol. The van der Waals surface area contributed by atoms with Gasteiger partial charge in [0, 0.05) is 34.4 Å². The summed E-state index contributed by atoms with van der Waals surface area (Å²) in [4.78, 5) is 24.2. The number of halogens is 1. The number of ether oxygens (including phenoxy) is 1. The Morgan fingerprint density at radius 2 is 2.04 bits per heavy atom. The van der Waals surface area contributed by atoms with E-state index in [0.29, 0.717) is 27.4 Å². The van der Waals surface area contributed by atoms with E-state index in [2.05, 4.69) is 5.32 Å². The van der Waals surface area contributed by atoms with Crippen molar-refractivity contribution < 1.29 is 9.53 Å². The lowest BCUT2D eigenvalue weighted by atomic mass is 10.2. The Bertz CT molecular complexity index is 966. The molecule has 3 aromatic rings. The number of amides is 1. The highest BCUT2D eigenvalue weighted by Crippen LogP contribution is 2.18. The number of hydrogen-bond acceptors (Lipinski definition) is 3. The molecule has 24 heavy (non-hydrogen) atoms. The third-order valence-corrected chi connectivity index (χ3v) is 3.84. The molecule has 0 saturated heterocycles. The van der Waals surface area contributed by atoms with E-state index in [9.17, 15) is 9.59 Å². The van der Waals surface area contributed by atoms with Gasteiger partial charge in [-0.15, -0.1) is 0 Å². The smallest absolute Gasteiger partial charge is 0.244 e. The van der Waals surface area contributed by atoms with Gasteiger partial charge in [0.15, 0.2) is 5.43 Å². The number of pyridine rings is 1. The van der Waals surface area contributed by atoms with Crippen LogP contribution in [0.2, 0.25) is 5.02 Å². The average molecular weight is 343 g/mol. The van der Waals surface area contributed by atoms with Gasteiger partial charge in [-0.1, -0.05) is 17.7 Å². The largest absolute Gasteiger partial charge is 0.497 e. The molecule has 0 saturated carbocycles. The fourth-order valence-electron chi connectivity index (χ4n) is 2.47. The minimum Gasteiger partial charge on any atom is -0.497 e. The molecule has 0 aliphatic heterocycles. The molecule has 1 N–H and O–H groups in total. The predicted octanol–water partition coefficient (Wildman–Crippen LogP) is 3.30. The van der Waals surface area contributed by atoms with E-state index in [1.807, 2.05) is 0 Å². The quantitative estimate of drug-likeness (QED) is 0.791. The predicted molar refractivity (Wildman–Crippen MR) is 94.8 cm³/mol. The van der Waals surface area contributed by atoms with Gasteiger partial charge in [-0.2, -0.15) is 0 Å². The first-order valence-electron chi connectivity index (χ1n) is 7.29. The van der Waals surface area contributed by atoms with Crippen molar-refractivity contribution in [1.29, 1.82) is 0 Å². The van der Waals surface area contributed by atoms with Crippen LogP contribution in [0.1, 0.15) is 0 Å². The van der Waals surface area contributed by atoms with Crippen molar-refractivity contribution in [2.75, 3.05) is 12.4 Å². The summed E-state index contributed by atoms with van der Waals surface area (Å²) in [6.07, 6.45) is 1.59. The second kappa shape index (κ2) is 6.76. The van der Waals surface area contributed by atoms with Crippen molar-refractivity contribution in [3.05, 3.63) is 70.0 Å². The Hall–Kier alpha value is -2.79. The van der Waals surface area contributed by atoms with Gasteiger partial charge >= 0.3 is 0 Å². The Labute approximate surface area is 143 Å². The maximum atomic E-state index is 12.3. The molecule has 1 aromatic heterocycles. The molecule has 2 aromatic carbocycles. The van der Waals surface area contributed by atoms with Crippen LogP contribution in [-0.2, 0) is 11.3 Å². The number of anilines is 1. The maximum absolute atomic E-state index is 12.3. The SMILES string of the molecule is COc1cccc(NC(=O)Cn2ccc(=O)c3ccc(Cl)cc32)c1. The second-order valence-electron chi connectivity index (χ2n) is 5.25. The van der Waals surface area contributed by atoms with Crippen LogP contribution in [0.4, 0.5) is 5.69 Å². The summed E-state index contributed by atoms with van der Waals surface area (Å²) in [6, 6.07) is 13.5. The minimum absolute atomic E-state index is 0.0638. The van der Waals surface area contributed by atoms with E-state index >= 15 is 0 Å². The van der Waals surface area contributed by atoms with E-state index in [1.54, 1.807) is 60.3 Å². The molecule has 0 atom stereocenters. The number of benzene rings is 2. The number of hydrogen-bond donors (Lipinski definition) is 1. The van der Waals surface area contributed by atoms with Gasteiger partial charge in [0.1, 0.15) is 12.3 Å². The van der Waals surface area contributed by atoms with Gasteiger partial charge in [0.25, 0.3) is 0 Å². The molecule has 0 aliphatic rings. The monoisotopic (exact) mass is 342 g/mol. The Morgan fingerprint density at radius 3 is 2.83 bits per heavy atom. The molecule has 5 nitrogen and oxygen atoms in total. The topological polar surface area (TPSA) is 60.3 Å². The molecule has 0 fully saturated rings. The molecule has 3 rings (SSSR count). The molecule has 0 unspecified atom stereocenters. The van der Waals surface area contributed by atoms with Crippen molar-refractivity contribution in [2.45, 2.75) is 6.54 Å². The number of carbonyl (C=O) groups excluding carboxylic acids is 1. The van der Waals surface area contributed by atoms with Crippen molar-refractivity contribution in [3.8, 4) is 5.75 Å². The third kappa shape index (κ3) is 3.41. The van der Waals surface area contributed by atoms with Crippen molar-refractivity contribution in [3.63, 3.8) is 0 Å². The van der Waals surface area contributed by atoms with E-state index < -0.39 is 0 Å². The van der Waals surface area contributed by atoms with Crippen LogP contribution in [0.5, 0.6) is 5.75 Å². The fraction of sp³-hybridized carbons (Fsp3) is 0.111. The third-order valence-electron chi connectivity index (χ3n) is 3.61. The summed E-state index contributed by atoms with van der Waals surface area (Å²) in [5.74, 6) is 0.446. The van der Waals surface area contributed by atoms with Crippen LogP contribution < -0.4 is 15.5 Å². The number of fused-ring (bicyclic) bond motifs is 1. The lowest BCUT2D eigenvalue weighted by molar-refractivity contribution is -0.116. The molecule has 1 amide bonds. The van der Waals surface area contributed by atoms with Crippen LogP contribution in [0.3, 0.4) is 0 Å². The van der Waals surface area contributed by atoms with E-state index in [0.717, 1.165) is 0 Å². The van der Waals surface area contributed by atoms with Crippen molar-refractivity contribution in [1.82, 2.24) is 4.57 Å². The minimum atomic E-state index is -0.215. The first-order chi connectivity index (χ1) is 11.6. The van der Waals surface area contributed by atoms with Crippen LogP contribution in [-0.4, -0.2) is 17.6 Å². The Balaban J connectivity index is 1.86. The Morgan fingerprint density at radius 1 is 1.21 bits per heavy atom. The number of nitrogens with one attached hydrogen (secondary N) is 1. The average Bonchev–Trinajstić information content (AvgIpc) is 2.57. The normalized spacial score (nSPS) is 10.6. The fourth-order valence-corrected chi connectivity index (χ4v) is 2.64. The highest BCUT2D eigenvalue weighted by molar-refractivity contribution is 6.31. The molecule has 1 heterocycles. The zero-order valence-corrected chi connectivity index (χ0v) is 13.7. The lowest BCUT2D eigenvalue weighted by Crippen LogP contribution is -2.20. The first-order valence-corrected chi connectivity index (χ1v) is 7.67. The maximum Gasteiger partial charge on any atom is 0.244 e. The van der Waals surface area contributed by atoms with Gasteiger partial charge in [-0.05, 0) is 30.3 Å². The number of aromatic nitrogens is 1. The molecule has 0 spiro atoms. The van der Waals surface area contributed by atoms with Crippen molar-refractivity contribution >= 4 is 34.1 Å². The van der Waals surface area contributed by atoms with Gasteiger partial charge in [-0.25, -0.2) is 0 Å².